The number of nitrogens with two attached hydrogens (primary N) is 2. The van der Waals surface area contributed by atoms with E-state index in [0.29, 0.717) is 0 Å². The summed E-state index contributed by atoms with van der Waals surface area (Å²) in [4.78, 5) is 19.0. The number of para-hydroxylation sites is 1. The van der Waals surface area contributed by atoms with E-state index in [9.17, 15) is 20.2 Å². The van der Waals surface area contributed by atoms with Gasteiger partial charge in [0.05, 0.1) is 9.85 Å². The summed E-state index contributed by atoms with van der Waals surface area (Å²) in [5, 5.41) is 24.7. The van der Waals surface area contributed by atoms with E-state index in [1.807, 2.05) is 0 Å². The molecule has 0 aliphatic rings. The fourth-order valence-electron chi connectivity index (χ4n) is 0.895. The third-order valence-corrected chi connectivity index (χ3v) is 1.43. The van der Waals surface area contributed by atoms with Crippen LogP contribution in [-0.2, 0) is 11.3 Å². The van der Waals surface area contributed by atoms with Crippen molar-refractivity contribution in [2.24, 2.45) is 5.14 Å². The molecular formula is C6H7N4O6S-. The molecule has 1 unspecified atom stereocenters. The van der Waals surface area contributed by atoms with Crippen LogP contribution in [-0.4, -0.2) is 18.6 Å². The van der Waals surface area contributed by atoms with Crippen LogP contribution < -0.4 is 10.9 Å². The van der Waals surface area contributed by atoms with Gasteiger partial charge < -0.3 is 10.3 Å². The Morgan fingerprint density at radius 2 is 1.65 bits per heavy atom. The maximum absolute atomic E-state index is 10.4. The SMILES string of the molecule is NS(=O)[O-].Nc1cccc([N+](=O)[O-])c1[N+](=O)[O-]. The predicted octanol–water partition coefficient (Wildman–Crippen LogP) is -0.176. The Kier molecular flexibility index (Phi) is 5.66. The Balaban J connectivity index is 0.000000557. The number of nitro benzene ring substituents is 2. The Labute approximate surface area is 96.9 Å². The minimum Gasteiger partial charge on any atom is -0.760 e. The van der Waals surface area contributed by atoms with Gasteiger partial charge >= 0.3 is 11.4 Å². The number of hydrogen-bond acceptors (Lipinski definition) is 7. The molecule has 1 aromatic carbocycles. The lowest BCUT2D eigenvalue weighted by molar-refractivity contribution is -0.421. The van der Waals surface area contributed by atoms with Gasteiger partial charge in [0, 0.05) is 17.3 Å². The fourth-order valence-corrected chi connectivity index (χ4v) is 0.895. The summed E-state index contributed by atoms with van der Waals surface area (Å²) in [5.41, 5.74) is 3.75. The van der Waals surface area contributed by atoms with Crippen molar-refractivity contribution >= 4 is 28.3 Å². The summed E-state index contributed by atoms with van der Waals surface area (Å²) in [6, 6.07) is 3.57. The molecule has 0 aromatic heterocycles. The van der Waals surface area contributed by atoms with Crippen LogP contribution in [0.3, 0.4) is 0 Å². The van der Waals surface area contributed by atoms with E-state index in [2.05, 4.69) is 5.14 Å². The smallest absolute Gasteiger partial charge is 0.368 e. The number of nitrogens with zero attached hydrogens (tertiary/aromatic N) is 2. The number of nitro groups is 2. The van der Waals surface area contributed by atoms with Gasteiger partial charge in [0.1, 0.15) is 5.69 Å². The van der Waals surface area contributed by atoms with E-state index in [1.54, 1.807) is 0 Å². The van der Waals surface area contributed by atoms with Crippen molar-refractivity contribution in [2.75, 3.05) is 5.73 Å². The van der Waals surface area contributed by atoms with E-state index >= 15 is 0 Å². The van der Waals surface area contributed by atoms with Gasteiger partial charge in [-0.15, -0.1) is 0 Å². The monoisotopic (exact) mass is 263 g/mol. The van der Waals surface area contributed by atoms with Crippen molar-refractivity contribution in [1.29, 1.82) is 0 Å². The Morgan fingerprint density at radius 3 is 1.94 bits per heavy atom. The third kappa shape index (κ3) is 4.96. The molecule has 0 saturated carbocycles. The van der Waals surface area contributed by atoms with Crippen molar-refractivity contribution in [3.63, 3.8) is 0 Å². The molecule has 17 heavy (non-hydrogen) atoms. The number of nitrogen functional groups attached to an aromatic ring is 1. The van der Waals surface area contributed by atoms with E-state index in [4.69, 9.17) is 14.5 Å². The van der Waals surface area contributed by atoms with Crippen molar-refractivity contribution in [3.8, 4) is 0 Å². The maximum atomic E-state index is 10.4. The topological polar surface area (TPSA) is 178 Å². The average molecular weight is 263 g/mol. The van der Waals surface area contributed by atoms with Gasteiger partial charge in [0.15, 0.2) is 0 Å². The fraction of sp³-hybridized carbons (Fsp3) is 0. The van der Waals surface area contributed by atoms with Crippen LogP contribution in [0, 0.1) is 20.2 Å². The quantitative estimate of drug-likeness (QED) is 0.321. The minimum atomic E-state index is -2.36. The number of rotatable bonds is 2. The zero-order valence-corrected chi connectivity index (χ0v) is 8.96. The van der Waals surface area contributed by atoms with Crippen molar-refractivity contribution in [2.45, 2.75) is 0 Å². The molecule has 10 nitrogen and oxygen atoms in total. The van der Waals surface area contributed by atoms with E-state index in [1.165, 1.54) is 12.1 Å². The normalized spacial score (nSPS) is 10.9. The Bertz CT molecular complexity index is 460. The lowest BCUT2D eigenvalue weighted by atomic mass is 10.2. The lowest BCUT2D eigenvalue weighted by Gasteiger charge is -1.96. The van der Waals surface area contributed by atoms with Crippen LogP contribution in [0.25, 0.3) is 0 Å². The van der Waals surface area contributed by atoms with Gasteiger partial charge in [-0.3, -0.25) is 29.6 Å². The highest BCUT2D eigenvalue weighted by Gasteiger charge is 2.26. The molecule has 1 atom stereocenters. The minimum absolute atomic E-state index is 0.209. The van der Waals surface area contributed by atoms with Gasteiger partial charge in [-0.25, -0.2) is 0 Å². The first-order valence-corrected chi connectivity index (χ1v) is 4.92. The molecule has 0 amide bonds. The summed E-state index contributed by atoms with van der Waals surface area (Å²) >= 11 is -2.36. The van der Waals surface area contributed by atoms with Gasteiger partial charge in [0.2, 0.25) is 0 Å². The van der Waals surface area contributed by atoms with Gasteiger partial charge in [0.25, 0.3) is 0 Å². The zero-order chi connectivity index (χ0) is 13.6. The Hall–Kier alpha value is -2.11. The second-order valence-electron chi connectivity index (χ2n) is 2.49. The van der Waals surface area contributed by atoms with Crippen LogP contribution in [0.15, 0.2) is 18.2 Å². The lowest BCUT2D eigenvalue weighted by Crippen LogP contribution is -2.00. The summed E-state index contributed by atoms with van der Waals surface area (Å²) in [5.74, 6) is 0. The van der Waals surface area contributed by atoms with Crippen molar-refractivity contribution in [1.82, 2.24) is 0 Å². The summed E-state index contributed by atoms with van der Waals surface area (Å²) in [6.07, 6.45) is 0. The molecule has 1 rings (SSSR count). The number of benzene rings is 1. The first-order chi connectivity index (χ1) is 7.77. The van der Waals surface area contributed by atoms with Crippen molar-refractivity contribution < 1.29 is 18.6 Å². The van der Waals surface area contributed by atoms with Crippen LogP contribution >= 0.6 is 0 Å². The highest BCUT2D eigenvalue weighted by atomic mass is 32.2. The van der Waals surface area contributed by atoms with Gasteiger partial charge in [-0.05, 0) is 6.07 Å². The first kappa shape index (κ1) is 14.9. The zero-order valence-electron chi connectivity index (χ0n) is 8.14. The molecule has 0 bridgehead atoms. The van der Waals surface area contributed by atoms with Crippen LogP contribution in [0.4, 0.5) is 17.1 Å². The second-order valence-corrected chi connectivity index (χ2v) is 3.01. The highest BCUT2D eigenvalue weighted by Crippen LogP contribution is 2.31. The molecule has 0 aliphatic carbocycles. The molecule has 11 heteroatoms. The van der Waals surface area contributed by atoms with Crippen LogP contribution in [0.5, 0.6) is 0 Å². The second kappa shape index (κ2) is 6.47. The maximum Gasteiger partial charge on any atom is 0.368 e. The number of anilines is 1. The van der Waals surface area contributed by atoms with Crippen LogP contribution in [0.1, 0.15) is 0 Å². The molecule has 0 radical (unpaired) electrons. The molecule has 0 fully saturated rings. The van der Waals surface area contributed by atoms with Gasteiger partial charge in [-0.2, -0.15) is 0 Å². The highest BCUT2D eigenvalue weighted by molar-refractivity contribution is 7.76. The molecule has 1 aromatic rings. The van der Waals surface area contributed by atoms with E-state index in [-0.39, 0.29) is 5.69 Å². The largest absolute Gasteiger partial charge is 0.760 e. The van der Waals surface area contributed by atoms with Crippen LogP contribution in [0.2, 0.25) is 0 Å². The van der Waals surface area contributed by atoms with Gasteiger partial charge in [-0.1, -0.05) is 6.07 Å². The summed E-state index contributed by atoms with van der Waals surface area (Å²) < 4.78 is 17.6. The molecular weight excluding hydrogens is 256 g/mol. The third-order valence-electron chi connectivity index (χ3n) is 1.43. The number of hydrogen-bond donors (Lipinski definition) is 2. The molecule has 0 aliphatic heterocycles. The standard InChI is InChI=1S/C6H5N3O4.H3NO2S/c7-4-2-1-3-5(8(10)11)6(4)9(12)13;1-4(2)3/h1-3H,7H2;1H2,(H,2,3)/p-1. The molecule has 4 N–H and O–H groups in total. The average Bonchev–Trinajstić information content (AvgIpc) is 2.15. The summed E-state index contributed by atoms with van der Waals surface area (Å²) in [7, 11) is 0. The Morgan fingerprint density at radius 1 is 1.18 bits per heavy atom. The molecule has 0 spiro atoms. The molecule has 94 valence electrons. The molecule has 0 heterocycles. The van der Waals surface area contributed by atoms with E-state index < -0.39 is 32.5 Å². The van der Waals surface area contributed by atoms with Crippen molar-refractivity contribution in [3.05, 3.63) is 38.4 Å². The summed E-state index contributed by atoms with van der Waals surface area (Å²) in [6.45, 7) is 0. The molecule has 0 saturated heterocycles. The first-order valence-electron chi connectivity index (χ1n) is 3.78. The predicted molar refractivity (Wildman–Crippen MR) is 57.3 cm³/mol. The van der Waals surface area contributed by atoms with E-state index in [0.717, 1.165) is 6.07 Å².